The monoisotopic (exact) mass is 402 g/mol. The molecule has 0 unspecified atom stereocenters. The molecule has 0 aromatic carbocycles. The Kier molecular flexibility index (Phi) is 5.46. The molecular formula is C20H26N4O3S. The van der Waals surface area contributed by atoms with Crippen molar-refractivity contribution in [3.63, 3.8) is 0 Å². The molecule has 7 nitrogen and oxygen atoms in total. The van der Waals surface area contributed by atoms with E-state index in [4.69, 9.17) is 4.74 Å². The molecule has 2 aliphatic rings. The molecule has 2 atom stereocenters. The van der Waals surface area contributed by atoms with Crippen LogP contribution in [0.15, 0.2) is 35.4 Å². The molecule has 4 heterocycles. The molecule has 2 aromatic rings. The third-order valence-corrected chi connectivity index (χ3v) is 6.66. The quantitative estimate of drug-likeness (QED) is 0.812. The van der Waals surface area contributed by atoms with Crippen LogP contribution >= 0.6 is 11.3 Å². The van der Waals surface area contributed by atoms with Crippen LogP contribution < -0.4 is 5.32 Å². The Morgan fingerprint density at radius 2 is 2.11 bits per heavy atom. The fourth-order valence-corrected chi connectivity index (χ4v) is 4.83. The van der Waals surface area contributed by atoms with E-state index in [0.717, 1.165) is 38.2 Å². The van der Waals surface area contributed by atoms with E-state index in [0.29, 0.717) is 18.6 Å². The van der Waals surface area contributed by atoms with Crippen LogP contribution in [0.2, 0.25) is 0 Å². The number of pyridine rings is 1. The Balaban J connectivity index is 1.42. The van der Waals surface area contributed by atoms with E-state index in [2.05, 4.69) is 25.6 Å². The number of piperidine rings is 1. The van der Waals surface area contributed by atoms with Gasteiger partial charge in [-0.15, -0.1) is 11.3 Å². The van der Waals surface area contributed by atoms with Crippen molar-refractivity contribution in [2.45, 2.75) is 50.0 Å². The third-order valence-electron chi connectivity index (χ3n) is 6.03. The highest BCUT2D eigenvalue weighted by molar-refractivity contribution is 7.07. The second-order valence-corrected chi connectivity index (χ2v) is 8.65. The van der Waals surface area contributed by atoms with Gasteiger partial charge in [-0.05, 0) is 38.3 Å². The summed E-state index contributed by atoms with van der Waals surface area (Å²) in [5.74, 6) is -0.193. The lowest BCUT2D eigenvalue weighted by Gasteiger charge is -2.53. The number of nitrogens with one attached hydrogen (secondary N) is 1. The van der Waals surface area contributed by atoms with Crippen molar-refractivity contribution in [3.8, 4) is 0 Å². The Labute approximate surface area is 168 Å². The second-order valence-electron chi connectivity index (χ2n) is 7.93. The molecule has 150 valence electrons. The zero-order valence-electron chi connectivity index (χ0n) is 16.0. The molecule has 0 aliphatic carbocycles. The van der Waals surface area contributed by atoms with Gasteiger partial charge in [0.15, 0.2) is 0 Å². The van der Waals surface area contributed by atoms with Crippen molar-refractivity contribution in [1.82, 2.24) is 20.2 Å². The number of ether oxygens (including phenoxy) is 1. The molecule has 1 amide bonds. The maximum absolute atomic E-state index is 12.7. The number of aliphatic hydroxyl groups excluding tert-OH is 1. The lowest BCUT2D eigenvalue weighted by atomic mass is 9.73. The minimum atomic E-state index is -0.763. The lowest BCUT2D eigenvalue weighted by Crippen LogP contribution is -2.69. The van der Waals surface area contributed by atoms with Gasteiger partial charge in [0, 0.05) is 49.6 Å². The first kappa shape index (κ1) is 19.4. The summed E-state index contributed by atoms with van der Waals surface area (Å²) in [5, 5.41) is 16.4. The summed E-state index contributed by atoms with van der Waals surface area (Å²) in [5.41, 5.74) is 2.14. The number of carbonyl (C=O) groups excluding carboxylic acids is 1. The van der Waals surface area contributed by atoms with Gasteiger partial charge in [0.25, 0.3) is 5.91 Å². The number of aliphatic hydroxyl groups is 1. The average Bonchev–Trinajstić information content (AvgIpc) is 3.22. The highest BCUT2D eigenvalue weighted by Gasteiger charge is 2.53. The maximum Gasteiger partial charge on any atom is 0.251 e. The fourth-order valence-electron chi connectivity index (χ4n) is 4.28. The molecule has 0 bridgehead atoms. The fraction of sp³-hybridized carbons (Fsp3) is 0.550. The van der Waals surface area contributed by atoms with Crippen LogP contribution in [0.3, 0.4) is 0 Å². The highest BCUT2D eigenvalue weighted by Crippen LogP contribution is 2.40. The predicted molar refractivity (Wildman–Crippen MR) is 106 cm³/mol. The van der Waals surface area contributed by atoms with Crippen molar-refractivity contribution in [2.75, 3.05) is 19.7 Å². The van der Waals surface area contributed by atoms with Crippen LogP contribution in [0.4, 0.5) is 0 Å². The average molecular weight is 403 g/mol. The summed E-state index contributed by atoms with van der Waals surface area (Å²) in [6.45, 7) is 4.94. The van der Waals surface area contributed by atoms with Gasteiger partial charge in [0.05, 0.1) is 22.3 Å². The summed E-state index contributed by atoms with van der Waals surface area (Å²) >= 11 is 1.61. The molecule has 1 spiro atoms. The van der Waals surface area contributed by atoms with Crippen molar-refractivity contribution in [3.05, 3.63) is 46.7 Å². The number of likely N-dealkylation sites (tertiary alicyclic amines) is 1. The maximum atomic E-state index is 12.7. The zero-order valence-corrected chi connectivity index (χ0v) is 16.8. The summed E-state index contributed by atoms with van der Waals surface area (Å²) in [6, 6.07) is 3.36. The predicted octanol–water partition coefficient (Wildman–Crippen LogP) is 1.84. The minimum absolute atomic E-state index is 0.193. The molecule has 28 heavy (non-hydrogen) atoms. The van der Waals surface area contributed by atoms with Crippen molar-refractivity contribution < 1.29 is 14.6 Å². The molecule has 0 radical (unpaired) electrons. The topological polar surface area (TPSA) is 87.6 Å². The van der Waals surface area contributed by atoms with Crippen LogP contribution in [0.1, 0.15) is 42.2 Å². The van der Waals surface area contributed by atoms with Gasteiger partial charge in [-0.1, -0.05) is 0 Å². The Bertz CT molecular complexity index is 793. The number of thiazole rings is 1. The highest BCUT2D eigenvalue weighted by atomic mass is 32.1. The van der Waals surface area contributed by atoms with Gasteiger partial charge < -0.3 is 15.2 Å². The molecule has 2 fully saturated rings. The first-order chi connectivity index (χ1) is 13.5. The molecule has 4 rings (SSSR count). The summed E-state index contributed by atoms with van der Waals surface area (Å²) in [7, 11) is 0. The van der Waals surface area contributed by atoms with E-state index in [9.17, 15) is 9.90 Å². The van der Waals surface area contributed by atoms with Gasteiger partial charge in [-0.3, -0.25) is 14.7 Å². The van der Waals surface area contributed by atoms with Crippen LogP contribution in [0.25, 0.3) is 0 Å². The molecular weight excluding hydrogens is 376 g/mol. The van der Waals surface area contributed by atoms with E-state index < -0.39 is 17.2 Å². The number of carbonyl (C=O) groups is 1. The van der Waals surface area contributed by atoms with E-state index in [-0.39, 0.29) is 5.91 Å². The van der Waals surface area contributed by atoms with Gasteiger partial charge in [-0.2, -0.15) is 0 Å². The summed E-state index contributed by atoms with van der Waals surface area (Å²) in [6.07, 6.45) is 4.47. The smallest absolute Gasteiger partial charge is 0.251 e. The Morgan fingerprint density at radius 1 is 1.36 bits per heavy atom. The van der Waals surface area contributed by atoms with E-state index >= 15 is 0 Å². The first-order valence-corrected chi connectivity index (χ1v) is 10.6. The molecule has 2 aromatic heterocycles. The van der Waals surface area contributed by atoms with Gasteiger partial charge in [-0.25, -0.2) is 4.98 Å². The molecule has 8 heteroatoms. The van der Waals surface area contributed by atoms with E-state index in [1.807, 2.05) is 12.4 Å². The van der Waals surface area contributed by atoms with Crippen LogP contribution in [0.5, 0.6) is 0 Å². The third kappa shape index (κ3) is 3.82. The Hall–Kier alpha value is -1.87. The van der Waals surface area contributed by atoms with Crippen molar-refractivity contribution >= 4 is 17.2 Å². The lowest BCUT2D eigenvalue weighted by molar-refractivity contribution is -0.205. The van der Waals surface area contributed by atoms with Gasteiger partial charge >= 0.3 is 0 Å². The van der Waals surface area contributed by atoms with Crippen LogP contribution in [0, 0.1) is 0 Å². The number of hydrogen-bond acceptors (Lipinski definition) is 7. The Morgan fingerprint density at radius 3 is 2.79 bits per heavy atom. The SMILES string of the molecule is C[C@]1(NC(=O)c2ccncc2)CCOC2(CCN(Cc3cscn3)CC2)[C@@H]1O. The van der Waals surface area contributed by atoms with Crippen molar-refractivity contribution in [1.29, 1.82) is 0 Å². The molecule has 2 N–H and O–H groups in total. The zero-order chi connectivity index (χ0) is 19.6. The molecule has 2 saturated heterocycles. The van der Waals surface area contributed by atoms with Crippen LogP contribution in [-0.2, 0) is 11.3 Å². The largest absolute Gasteiger partial charge is 0.388 e. The summed E-state index contributed by atoms with van der Waals surface area (Å²) in [4.78, 5) is 23.3. The molecule has 2 aliphatic heterocycles. The van der Waals surface area contributed by atoms with Crippen LogP contribution in [-0.4, -0.2) is 62.8 Å². The van der Waals surface area contributed by atoms with E-state index in [1.165, 1.54) is 0 Å². The van der Waals surface area contributed by atoms with Crippen molar-refractivity contribution in [2.24, 2.45) is 0 Å². The van der Waals surface area contributed by atoms with Gasteiger partial charge in [0.2, 0.25) is 0 Å². The number of nitrogens with zero attached hydrogens (tertiary/aromatic N) is 3. The van der Waals surface area contributed by atoms with E-state index in [1.54, 1.807) is 35.9 Å². The number of rotatable bonds is 4. The second kappa shape index (κ2) is 7.87. The normalized spacial score (nSPS) is 27.6. The minimum Gasteiger partial charge on any atom is -0.388 e. The number of amides is 1. The molecule has 0 saturated carbocycles. The standard InChI is InChI=1S/C20H26N4O3S/c1-19(23-17(25)15-2-7-21-8-3-15)6-11-27-20(18(19)26)4-9-24(10-5-20)12-16-13-28-14-22-16/h2-3,7-8,13-14,18,26H,4-6,9-12H2,1H3,(H,23,25)/t18-,19+/m1/s1. The number of hydrogen-bond donors (Lipinski definition) is 2. The number of aromatic nitrogens is 2. The first-order valence-electron chi connectivity index (χ1n) is 9.65. The summed E-state index contributed by atoms with van der Waals surface area (Å²) < 4.78 is 6.13. The van der Waals surface area contributed by atoms with Gasteiger partial charge in [0.1, 0.15) is 6.10 Å².